The van der Waals surface area contributed by atoms with Crippen LogP contribution in [0.4, 0.5) is 13.2 Å². The minimum Gasteiger partial charge on any atom is -0.368 e. The van der Waals surface area contributed by atoms with E-state index in [-0.39, 0.29) is 18.4 Å². The van der Waals surface area contributed by atoms with Gasteiger partial charge in [0.25, 0.3) is 5.91 Å². The lowest BCUT2D eigenvalue weighted by Crippen LogP contribution is -2.43. The fourth-order valence-corrected chi connectivity index (χ4v) is 4.45. The quantitative estimate of drug-likeness (QED) is 0.605. The standard InChI is InChI=1S/C25H21F3N2O2/c26-25(27,28)20-13-7-12-19-18(20)14-15-21(19)30(24(32)17-10-5-2-6-11-17)22(23(29)31)16-8-3-1-4-9-16/h1-13,21-22H,14-15H2,(H2,29,31)/t21-,22+/m1/s1. The highest BCUT2D eigenvalue weighted by Gasteiger charge is 2.42. The third kappa shape index (κ3) is 3.98. The van der Waals surface area contributed by atoms with Gasteiger partial charge in [0.05, 0.1) is 11.6 Å². The summed E-state index contributed by atoms with van der Waals surface area (Å²) in [5, 5.41) is 0. The van der Waals surface area contributed by atoms with E-state index in [4.69, 9.17) is 5.73 Å². The normalized spacial score (nSPS) is 16.3. The van der Waals surface area contributed by atoms with Gasteiger partial charge in [-0.3, -0.25) is 9.59 Å². The fourth-order valence-electron chi connectivity index (χ4n) is 4.45. The predicted molar refractivity (Wildman–Crippen MR) is 113 cm³/mol. The lowest BCUT2D eigenvalue weighted by molar-refractivity contribution is -0.138. The van der Waals surface area contributed by atoms with E-state index >= 15 is 0 Å². The van der Waals surface area contributed by atoms with E-state index in [1.807, 2.05) is 0 Å². The fraction of sp³-hybridized carbons (Fsp3) is 0.200. The number of rotatable bonds is 5. The first kappa shape index (κ1) is 21.6. The number of benzene rings is 3. The van der Waals surface area contributed by atoms with Crippen molar-refractivity contribution in [3.63, 3.8) is 0 Å². The molecule has 2 atom stereocenters. The molecule has 0 radical (unpaired) electrons. The smallest absolute Gasteiger partial charge is 0.368 e. The van der Waals surface area contributed by atoms with Crippen LogP contribution in [-0.2, 0) is 17.4 Å². The van der Waals surface area contributed by atoms with Gasteiger partial charge in [-0.1, -0.05) is 60.7 Å². The van der Waals surface area contributed by atoms with Crippen LogP contribution in [0.5, 0.6) is 0 Å². The first-order valence-electron chi connectivity index (χ1n) is 10.2. The Morgan fingerprint density at radius 3 is 2.12 bits per heavy atom. The summed E-state index contributed by atoms with van der Waals surface area (Å²) < 4.78 is 40.8. The molecule has 0 fully saturated rings. The third-order valence-corrected chi connectivity index (χ3v) is 5.80. The second-order valence-electron chi connectivity index (χ2n) is 7.72. The van der Waals surface area contributed by atoms with E-state index in [2.05, 4.69) is 0 Å². The maximum atomic E-state index is 13.6. The Morgan fingerprint density at radius 1 is 0.906 bits per heavy atom. The van der Waals surface area contributed by atoms with E-state index in [0.29, 0.717) is 16.7 Å². The summed E-state index contributed by atoms with van der Waals surface area (Å²) in [6.07, 6.45) is -4.09. The molecule has 0 heterocycles. The van der Waals surface area contributed by atoms with Gasteiger partial charge in [-0.2, -0.15) is 13.2 Å². The first-order chi connectivity index (χ1) is 15.3. The number of alkyl halides is 3. The van der Waals surface area contributed by atoms with Crippen LogP contribution >= 0.6 is 0 Å². The summed E-state index contributed by atoms with van der Waals surface area (Å²) in [7, 11) is 0. The summed E-state index contributed by atoms with van der Waals surface area (Å²) in [4.78, 5) is 27.6. The zero-order valence-corrected chi connectivity index (χ0v) is 17.0. The Labute approximate surface area is 183 Å². The van der Waals surface area contributed by atoms with Crippen LogP contribution in [0.25, 0.3) is 0 Å². The van der Waals surface area contributed by atoms with E-state index in [0.717, 1.165) is 6.07 Å². The summed E-state index contributed by atoms with van der Waals surface area (Å²) in [6, 6.07) is 19.1. The average Bonchev–Trinajstić information content (AvgIpc) is 3.21. The number of amides is 2. The third-order valence-electron chi connectivity index (χ3n) is 5.80. The number of nitrogens with two attached hydrogens (primary N) is 1. The molecule has 0 unspecified atom stereocenters. The van der Waals surface area contributed by atoms with Gasteiger partial charge in [0.1, 0.15) is 6.04 Å². The van der Waals surface area contributed by atoms with Crippen LogP contribution < -0.4 is 5.73 Å². The average molecular weight is 438 g/mol. The van der Waals surface area contributed by atoms with Gasteiger partial charge in [-0.25, -0.2) is 0 Å². The molecular weight excluding hydrogens is 417 g/mol. The molecule has 2 N–H and O–H groups in total. The summed E-state index contributed by atoms with van der Waals surface area (Å²) in [5.41, 5.74) is 6.44. The van der Waals surface area contributed by atoms with Crippen molar-refractivity contribution in [1.29, 1.82) is 0 Å². The van der Waals surface area contributed by atoms with Crippen molar-refractivity contribution in [3.8, 4) is 0 Å². The zero-order valence-electron chi connectivity index (χ0n) is 17.0. The highest BCUT2D eigenvalue weighted by molar-refractivity contribution is 5.98. The lowest BCUT2D eigenvalue weighted by Gasteiger charge is -2.36. The molecule has 1 aliphatic rings. The molecular formula is C25H21F3N2O2. The predicted octanol–water partition coefficient (Wildman–Crippen LogP) is 5.06. The maximum absolute atomic E-state index is 13.6. The van der Waals surface area contributed by atoms with Crippen LogP contribution in [0.15, 0.2) is 78.9 Å². The molecule has 0 aromatic heterocycles. The van der Waals surface area contributed by atoms with Gasteiger partial charge in [0, 0.05) is 5.56 Å². The van der Waals surface area contributed by atoms with Gasteiger partial charge in [-0.15, -0.1) is 0 Å². The number of carbonyl (C=O) groups is 2. The molecule has 164 valence electrons. The van der Waals surface area contributed by atoms with Crippen molar-refractivity contribution < 1.29 is 22.8 Å². The summed E-state index contributed by atoms with van der Waals surface area (Å²) in [5.74, 6) is -1.21. The van der Waals surface area contributed by atoms with Crippen molar-refractivity contribution in [3.05, 3.63) is 107 Å². The number of nitrogens with zero attached hydrogens (tertiary/aromatic N) is 1. The maximum Gasteiger partial charge on any atom is 0.416 e. The molecule has 4 nitrogen and oxygen atoms in total. The largest absolute Gasteiger partial charge is 0.416 e. The molecule has 0 saturated heterocycles. The van der Waals surface area contributed by atoms with Gasteiger partial charge in [-0.05, 0) is 47.7 Å². The second-order valence-corrected chi connectivity index (χ2v) is 7.72. The summed E-state index contributed by atoms with van der Waals surface area (Å²) >= 11 is 0. The molecule has 3 aromatic carbocycles. The molecule has 7 heteroatoms. The van der Waals surface area contributed by atoms with Crippen molar-refractivity contribution in [2.45, 2.75) is 31.1 Å². The molecule has 2 amide bonds. The summed E-state index contributed by atoms with van der Waals surface area (Å²) in [6.45, 7) is 0. The van der Waals surface area contributed by atoms with Crippen LogP contribution in [0.3, 0.4) is 0 Å². The first-order valence-corrected chi connectivity index (χ1v) is 10.2. The number of fused-ring (bicyclic) bond motifs is 1. The molecule has 0 aliphatic heterocycles. The number of hydrogen-bond acceptors (Lipinski definition) is 2. The minimum atomic E-state index is -4.50. The SMILES string of the molecule is NC(=O)[C@H](c1ccccc1)N(C(=O)c1ccccc1)[C@@H]1CCc2c1cccc2C(F)(F)F. The van der Waals surface area contributed by atoms with E-state index in [1.165, 1.54) is 11.0 Å². The van der Waals surface area contributed by atoms with Crippen LogP contribution in [0, 0.1) is 0 Å². The number of carbonyl (C=O) groups excluding carboxylic acids is 2. The highest BCUT2D eigenvalue weighted by atomic mass is 19.4. The number of primary amides is 1. The molecule has 0 saturated carbocycles. The van der Waals surface area contributed by atoms with Gasteiger partial charge in [0.15, 0.2) is 0 Å². The number of hydrogen-bond donors (Lipinski definition) is 1. The topological polar surface area (TPSA) is 63.4 Å². The van der Waals surface area contributed by atoms with Crippen LogP contribution in [0.1, 0.15) is 51.1 Å². The van der Waals surface area contributed by atoms with Crippen molar-refractivity contribution in [2.75, 3.05) is 0 Å². The molecule has 0 spiro atoms. The van der Waals surface area contributed by atoms with Gasteiger partial charge < -0.3 is 10.6 Å². The molecule has 1 aliphatic carbocycles. The molecule has 32 heavy (non-hydrogen) atoms. The highest BCUT2D eigenvalue weighted by Crippen LogP contribution is 2.45. The van der Waals surface area contributed by atoms with E-state index < -0.39 is 35.6 Å². The van der Waals surface area contributed by atoms with Gasteiger partial charge >= 0.3 is 6.18 Å². The Balaban J connectivity index is 1.87. The lowest BCUT2D eigenvalue weighted by atomic mass is 9.97. The van der Waals surface area contributed by atoms with E-state index in [9.17, 15) is 22.8 Å². The van der Waals surface area contributed by atoms with Gasteiger partial charge in [0.2, 0.25) is 5.91 Å². The molecule has 0 bridgehead atoms. The van der Waals surface area contributed by atoms with E-state index in [1.54, 1.807) is 66.7 Å². The Kier molecular flexibility index (Phi) is 5.74. The second kappa shape index (κ2) is 8.49. The molecule has 3 aromatic rings. The molecule has 4 rings (SSSR count). The van der Waals surface area contributed by atoms with Crippen LogP contribution in [0.2, 0.25) is 0 Å². The van der Waals surface area contributed by atoms with Crippen molar-refractivity contribution in [2.24, 2.45) is 5.73 Å². The van der Waals surface area contributed by atoms with Crippen molar-refractivity contribution in [1.82, 2.24) is 4.90 Å². The van der Waals surface area contributed by atoms with Crippen LogP contribution in [-0.4, -0.2) is 16.7 Å². The zero-order chi connectivity index (χ0) is 22.9. The number of halogens is 3. The Hall–Kier alpha value is -3.61. The van der Waals surface area contributed by atoms with Crippen molar-refractivity contribution >= 4 is 11.8 Å². The minimum absolute atomic E-state index is 0.147. The monoisotopic (exact) mass is 438 g/mol. The Morgan fingerprint density at radius 2 is 1.53 bits per heavy atom. The Bertz CT molecular complexity index is 1130.